The van der Waals surface area contributed by atoms with Gasteiger partial charge < -0.3 is 19.5 Å². The maximum Gasteiger partial charge on any atom is 0.256 e. The second kappa shape index (κ2) is 6.04. The second-order valence-corrected chi connectivity index (χ2v) is 5.02. The van der Waals surface area contributed by atoms with E-state index in [1.807, 2.05) is 42.5 Å². The van der Waals surface area contributed by atoms with Gasteiger partial charge in [-0.3, -0.25) is 4.79 Å². The molecule has 1 amide bonds. The number of hydrogen-bond donors (Lipinski definition) is 1. The molecular weight excluding hydrogens is 294 g/mol. The molecule has 0 atom stereocenters. The number of carbonyl (C=O) groups excluding carboxylic acids is 1. The summed E-state index contributed by atoms with van der Waals surface area (Å²) >= 11 is 0. The lowest BCUT2D eigenvalue weighted by atomic mass is 10.0. The minimum absolute atomic E-state index is 0.125. The first kappa shape index (κ1) is 15.0. The van der Waals surface area contributed by atoms with Crippen LogP contribution in [0.1, 0.15) is 11.1 Å². The molecule has 1 N–H and O–H groups in total. The Kier molecular flexibility index (Phi) is 3.93. The van der Waals surface area contributed by atoms with Crippen LogP contribution in [0.4, 0.5) is 5.69 Å². The van der Waals surface area contributed by atoms with Crippen molar-refractivity contribution in [1.82, 2.24) is 0 Å². The summed E-state index contributed by atoms with van der Waals surface area (Å²) in [6.07, 6.45) is 1.81. The fraction of sp³-hybridized carbons (Fsp3) is 0.167. The third-order valence-corrected chi connectivity index (χ3v) is 3.71. The van der Waals surface area contributed by atoms with E-state index in [2.05, 4.69) is 5.32 Å². The van der Waals surface area contributed by atoms with Crippen LogP contribution in [0, 0.1) is 0 Å². The Balaban J connectivity index is 2.11. The minimum atomic E-state index is -0.125. The molecule has 1 aliphatic heterocycles. The minimum Gasteiger partial charge on any atom is -0.493 e. The Morgan fingerprint density at radius 2 is 1.61 bits per heavy atom. The van der Waals surface area contributed by atoms with Gasteiger partial charge in [0.05, 0.1) is 21.3 Å². The van der Waals surface area contributed by atoms with Gasteiger partial charge in [-0.25, -0.2) is 0 Å². The quantitative estimate of drug-likeness (QED) is 0.881. The van der Waals surface area contributed by atoms with Gasteiger partial charge in [-0.05, 0) is 29.8 Å². The van der Waals surface area contributed by atoms with Crippen LogP contribution in [-0.2, 0) is 4.79 Å². The monoisotopic (exact) mass is 311 g/mol. The van der Waals surface area contributed by atoms with Gasteiger partial charge in [0.15, 0.2) is 11.5 Å². The molecule has 0 aromatic heterocycles. The summed E-state index contributed by atoms with van der Waals surface area (Å²) in [5.74, 6) is 1.49. The predicted octanol–water partition coefficient (Wildman–Crippen LogP) is 3.21. The van der Waals surface area contributed by atoms with E-state index in [0.29, 0.717) is 22.8 Å². The van der Waals surface area contributed by atoms with Gasteiger partial charge in [0, 0.05) is 16.8 Å². The first-order valence-electron chi connectivity index (χ1n) is 7.10. The van der Waals surface area contributed by atoms with Crippen molar-refractivity contribution < 1.29 is 19.0 Å². The van der Waals surface area contributed by atoms with Crippen LogP contribution in [-0.4, -0.2) is 27.2 Å². The highest BCUT2D eigenvalue weighted by atomic mass is 16.5. The van der Waals surface area contributed by atoms with E-state index in [1.165, 1.54) is 0 Å². The van der Waals surface area contributed by atoms with Crippen LogP contribution in [0.3, 0.4) is 0 Å². The Hall–Kier alpha value is -2.95. The van der Waals surface area contributed by atoms with Crippen LogP contribution in [0.5, 0.6) is 17.2 Å². The number of amides is 1. The van der Waals surface area contributed by atoms with Crippen molar-refractivity contribution in [3.05, 3.63) is 47.5 Å². The summed E-state index contributed by atoms with van der Waals surface area (Å²) in [6.45, 7) is 0. The normalized spacial score (nSPS) is 14.4. The van der Waals surface area contributed by atoms with Crippen molar-refractivity contribution in [2.24, 2.45) is 0 Å². The Bertz CT molecular complexity index is 770. The zero-order valence-corrected chi connectivity index (χ0v) is 13.2. The lowest BCUT2D eigenvalue weighted by Crippen LogP contribution is -2.03. The molecule has 0 fully saturated rings. The zero-order chi connectivity index (χ0) is 16.4. The highest BCUT2D eigenvalue weighted by Crippen LogP contribution is 2.40. The third kappa shape index (κ3) is 2.61. The smallest absolute Gasteiger partial charge is 0.256 e. The number of nitrogens with one attached hydrogen (secondary N) is 1. The number of rotatable bonds is 4. The van der Waals surface area contributed by atoms with Crippen LogP contribution in [0.25, 0.3) is 11.6 Å². The maximum atomic E-state index is 12.2. The summed E-state index contributed by atoms with van der Waals surface area (Å²) in [6, 6.07) is 11.2. The van der Waals surface area contributed by atoms with Crippen LogP contribution < -0.4 is 19.5 Å². The summed E-state index contributed by atoms with van der Waals surface area (Å²) in [4.78, 5) is 12.2. The Labute approximate surface area is 134 Å². The average molecular weight is 311 g/mol. The molecule has 0 aliphatic carbocycles. The number of para-hydroxylation sites is 1. The van der Waals surface area contributed by atoms with Gasteiger partial charge >= 0.3 is 0 Å². The number of carbonyl (C=O) groups is 1. The molecule has 3 rings (SSSR count). The molecule has 5 heteroatoms. The molecule has 0 saturated heterocycles. The van der Waals surface area contributed by atoms with Gasteiger partial charge in [0.1, 0.15) is 0 Å². The van der Waals surface area contributed by atoms with Crippen molar-refractivity contribution in [3.8, 4) is 17.2 Å². The molecule has 0 unspecified atom stereocenters. The van der Waals surface area contributed by atoms with E-state index < -0.39 is 0 Å². The number of methoxy groups -OCH3 is 3. The van der Waals surface area contributed by atoms with E-state index in [1.54, 1.807) is 21.3 Å². The molecule has 0 spiro atoms. The molecule has 1 heterocycles. The van der Waals surface area contributed by atoms with Gasteiger partial charge in [-0.1, -0.05) is 18.2 Å². The number of hydrogen-bond acceptors (Lipinski definition) is 4. The number of ether oxygens (including phenoxy) is 3. The van der Waals surface area contributed by atoms with Crippen LogP contribution >= 0.6 is 0 Å². The van der Waals surface area contributed by atoms with E-state index in [0.717, 1.165) is 16.8 Å². The maximum absolute atomic E-state index is 12.2. The van der Waals surface area contributed by atoms with E-state index >= 15 is 0 Å². The standard InChI is InChI=1S/C18H17NO4/c1-21-15-9-11(10-16(22-2)17(15)23-3)8-13-12-6-4-5-7-14(12)19-18(13)20/h4-10H,1-3H3,(H,19,20)/b13-8+. The van der Waals surface area contributed by atoms with Crippen molar-refractivity contribution >= 4 is 23.2 Å². The largest absolute Gasteiger partial charge is 0.493 e. The Morgan fingerprint density at radius 1 is 0.957 bits per heavy atom. The van der Waals surface area contributed by atoms with Crippen LogP contribution in [0.15, 0.2) is 36.4 Å². The number of anilines is 1. The average Bonchev–Trinajstić information content (AvgIpc) is 2.89. The van der Waals surface area contributed by atoms with Crippen molar-refractivity contribution in [2.45, 2.75) is 0 Å². The predicted molar refractivity (Wildman–Crippen MR) is 89.0 cm³/mol. The molecule has 0 saturated carbocycles. The number of benzene rings is 2. The van der Waals surface area contributed by atoms with E-state index in [4.69, 9.17) is 14.2 Å². The summed E-state index contributed by atoms with van der Waals surface area (Å²) in [5, 5.41) is 2.85. The van der Waals surface area contributed by atoms with Gasteiger partial charge in [-0.15, -0.1) is 0 Å². The van der Waals surface area contributed by atoms with Gasteiger partial charge in [0.2, 0.25) is 5.75 Å². The molecule has 118 valence electrons. The molecule has 5 nitrogen and oxygen atoms in total. The lowest BCUT2D eigenvalue weighted by Gasteiger charge is -2.13. The SMILES string of the molecule is COc1cc(/C=C2/C(=O)Nc3ccccc32)cc(OC)c1OC. The van der Waals surface area contributed by atoms with Crippen molar-refractivity contribution in [3.63, 3.8) is 0 Å². The molecule has 0 radical (unpaired) electrons. The van der Waals surface area contributed by atoms with Crippen molar-refractivity contribution in [2.75, 3.05) is 26.6 Å². The van der Waals surface area contributed by atoms with E-state index in [-0.39, 0.29) is 5.91 Å². The third-order valence-electron chi connectivity index (χ3n) is 3.71. The first-order chi connectivity index (χ1) is 11.2. The highest BCUT2D eigenvalue weighted by molar-refractivity contribution is 6.34. The van der Waals surface area contributed by atoms with Crippen LogP contribution in [0.2, 0.25) is 0 Å². The lowest BCUT2D eigenvalue weighted by molar-refractivity contribution is -0.110. The molecule has 0 bridgehead atoms. The molecule has 2 aromatic carbocycles. The van der Waals surface area contributed by atoms with Gasteiger partial charge in [-0.2, -0.15) is 0 Å². The first-order valence-corrected chi connectivity index (χ1v) is 7.10. The van der Waals surface area contributed by atoms with Gasteiger partial charge in [0.25, 0.3) is 5.91 Å². The molecule has 2 aromatic rings. The summed E-state index contributed by atoms with van der Waals surface area (Å²) < 4.78 is 16.0. The topological polar surface area (TPSA) is 56.8 Å². The molecule has 23 heavy (non-hydrogen) atoms. The van der Waals surface area contributed by atoms with E-state index in [9.17, 15) is 4.79 Å². The van der Waals surface area contributed by atoms with Crippen molar-refractivity contribution in [1.29, 1.82) is 0 Å². The molecule has 1 aliphatic rings. The highest BCUT2D eigenvalue weighted by Gasteiger charge is 2.23. The summed E-state index contributed by atoms with van der Waals surface area (Å²) in [5.41, 5.74) is 3.10. The number of fused-ring (bicyclic) bond motifs is 1. The fourth-order valence-corrected chi connectivity index (χ4v) is 2.63. The second-order valence-electron chi connectivity index (χ2n) is 5.02. The summed E-state index contributed by atoms with van der Waals surface area (Å²) in [7, 11) is 4.68. The Morgan fingerprint density at radius 3 is 2.22 bits per heavy atom. The zero-order valence-electron chi connectivity index (χ0n) is 13.2. The fourth-order valence-electron chi connectivity index (χ4n) is 2.63. The molecular formula is C18H17NO4.